The van der Waals surface area contributed by atoms with Crippen molar-refractivity contribution in [1.29, 1.82) is 0 Å². The summed E-state index contributed by atoms with van der Waals surface area (Å²) in [6.45, 7) is 14.9. The largest absolute Gasteiger partial charge is 0.483 e. The van der Waals surface area contributed by atoms with Crippen LogP contribution in [-0.4, -0.2) is 56.3 Å². The topological polar surface area (TPSA) is 50.8 Å². The maximum Gasteiger partial charge on any atom is 0.258 e. The monoisotopic (exact) mass is 362 g/mol. The zero-order valence-electron chi connectivity index (χ0n) is 16.9. The quantitative estimate of drug-likeness (QED) is 0.772. The number of hydrogen-bond acceptors (Lipinski definition) is 4. The van der Waals surface area contributed by atoms with E-state index in [1.165, 1.54) is 0 Å². The van der Waals surface area contributed by atoms with Crippen molar-refractivity contribution in [2.24, 2.45) is 5.92 Å². The summed E-state index contributed by atoms with van der Waals surface area (Å²) in [4.78, 5) is 14.6. The number of aryl methyl sites for hydroxylation is 1. The Morgan fingerprint density at radius 1 is 1.35 bits per heavy atom. The van der Waals surface area contributed by atoms with Crippen molar-refractivity contribution in [3.8, 4) is 5.75 Å². The van der Waals surface area contributed by atoms with Gasteiger partial charge in [-0.05, 0) is 36.0 Å². The van der Waals surface area contributed by atoms with E-state index in [4.69, 9.17) is 9.47 Å². The van der Waals surface area contributed by atoms with Gasteiger partial charge in [0, 0.05) is 26.2 Å². The van der Waals surface area contributed by atoms with Crippen LogP contribution in [0.4, 0.5) is 0 Å². The van der Waals surface area contributed by atoms with E-state index in [9.17, 15) is 4.79 Å². The lowest BCUT2D eigenvalue weighted by atomic mass is 10.0. The molecule has 0 bridgehead atoms. The third kappa shape index (κ3) is 6.61. The zero-order valence-corrected chi connectivity index (χ0v) is 16.9. The van der Waals surface area contributed by atoms with Crippen LogP contribution in [0.25, 0.3) is 0 Å². The first-order valence-corrected chi connectivity index (χ1v) is 9.69. The van der Waals surface area contributed by atoms with Crippen molar-refractivity contribution in [2.45, 2.75) is 46.6 Å². The van der Waals surface area contributed by atoms with E-state index < -0.39 is 0 Å². The second kappa shape index (κ2) is 9.93. The van der Waals surface area contributed by atoms with Crippen LogP contribution in [-0.2, 0) is 9.53 Å². The number of ether oxygens (including phenoxy) is 2. The Morgan fingerprint density at radius 2 is 2.12 bits per heavy atom. The van der Waals surface area contributed by atoms with Crippen LogP contribution >= 0.6 is 0 Å². The Kier molecular flexibility index (Phi) is 7.91. The first kappa shape index (κ1) is 20.7. The molecule has 1 N–H and O–H groups in total. The molecular formula is C21H34N2O3. The van der Waals surface area contributed by atoms with Crippen LogP contribution in [0.1, 0.15) is 44.7 Å². The van der Waals surface area contributed by atoms with Crippen LogP contribution in [0.2, 0.25) is 0 Å². The summed E-state index contributed by atoms with van der Waals surface area (Å²) in [5.41, 5.74) is 2.26. The van der Waals surface area contributed by atoms with Gasteiger partial charge in [0.1, 0.15) is 5.75 Å². The molecule has 146 valence electrons. The molecule has 1 aliphatic heterocycles. The van der Waals surface area contributed by atoms with Gasteiger partial charge in [0.05, 0.1) is 12.7 Å². The highest BCUT2D eigenvalue weighted by atomic mass is 16.5. The van der Waals surface area contributed by atoms with Crippen molar-refractivity contribution in [3.05, 3.63) is 29.3 Å². The van der Waals surface area contributed by atoms with Gasteiger partial charge in [-0.1, -0.05) is 39.8 Å². The Labute approximate surface area is 158 Å². The summed E-state index contributed by atoms with van der Waals surface area (Å²) in [5, 5.41) is 2.94. The van der Waals surface area contributed by atoms with Gasteiger partial charge in [-0.3, -0.25) is 9.69 Å². The molecule has 1 aliphatic rings. The van der Waals surface area contributed by atoms with Crippen molar-refractivity contribution >= 4 is 5.91 Å². The van der Waals surface area contributed by atoms with Crippen molar-refractivity contribution in [3.63, 3.8) is 0 Å². The predicted octanol–water partition coefficient (Wildman–Crippen LogP) is 2.97. The van der Waals surface area contributed by atoms with Gasteiger partial charge in [0.15, 0.2) is 6.61 Å². The molecule has 1 saturated heterocycles. The van der Waals surface area contributed by atoms with Gasteiger partial charge in [-0.25, -0.2) is 0 Å². The molecule has 0 aromatic heterocycles. The lowest BCUT2D eigenvalue weighted by Crippen LogP contribution is -2.48. The van der Waals surface area contributed by atoms with E-state index in [0.717, 1.165) is 43.1 Å². The first-order chi connectivity index (χ1) is 12.3. The Hall–Kier alpha value is -1.59. The minimum atomic E-state index is -0.106. The van der Waals surface area contributed by atoms with Crippen LogP contribution in [0.15, 0.2) is 18.2 Å². The average Bonchev–Trinajstić information content (AvgIpc) is 2.57. The fraction of sp³-hybridized carbons (Fsp3) is 0.667. The summed E-state index contributed by atoms with van der Waals surface area (Å²) in [6.07, 6.45) is 0.0524. The Morgan fingerprint density at radius 3 is 2.81 bits per heavy atom. The third-order valence-corrected chi connectivity index (χ3v) is 4.52. The molecule has 1 fully saturated rings. The van der Waals surface area contributed by atoms with E-state index in [2.05, 4.69) is 50.0 Å². The van der Waals surface area contributed by atoms with Crippen LogP contribution in [0, 0.1) is 12.8 Å². The lowest BCUT2D eigenvalue weighted by Gasteiger charge is -2.33. The van der Waals surface area contributed by atoms with Crippen LogP contribution in [0.3, 0.4) is 0 Å². The van der Waals surface area contributed by atoms with E-state index in [-0.39, 0.29) is 18.6 Å². The lowest BCUT2D eigenvalue weighted by molar-refractivity contribution is -0.124. The molecule has 1 aromatic carbocycles. The molecule has 1 heterocycles. The normalized spacial score (nSPS) is 18.3. The maximum absolute atomic E-state index is 12.2. The van der Waals surface area contributed by atoms with E-state index in [0.29, 0.717) is 18.4 Å². The average molecular weight is 363 g/mol. The van der Waals surface area contributed by atoms with Gasteiger partial charge < -0.3 is 14.8 Å². The van der Waals surface area contributed by atoms with Gasteiger partial charge >= 0.3 is 0 Å². The number of carbonyl (C=O) groups is 1. The van der Waals surface area contributed by atoms with Crippen molar-refractivity contribution < 1.29 is 14.3 Å². The summed E-state index contributed by atoms with van der Waals surface area (Å²) in [6, 6.07) is 6.15. The summed E-state index contributed by atoms with van der Waals surface area (Å²) < 4.78 is 11.6. The molecular weight excluding hydrogens is 328 g/mol. The standard InChI is InChI=1S/C21H34N2O3/c1-15(2)12-23-8-9-25-18(13-23)11-22-21(24)14-26-20-10-17(5)6-7-19(20)16(3)4/h6-7,10,15-16,18H,8-9,11-14H2,1-5H3,(H,22,24). The second-order valence-corrected chi connectivity index (χ2v) is 7.93. The highest BCUT2D eigenvalue weighted by Crippen LogP contribution is 2.27. The number of morpholine rings is 1. The predicted molar refractivity (Wildman–Crippen MR) is 105 cm³/mol. The van der Waals surface area contributed by atoms with Gasteiger partial charge in [-0.15, -0.1) is 0 Å². The number of amides is 1. The Balaban J connectivity index is 1.78. The van der Waals surface area contributed by atoms with Gasteiger partial charge in [0.25, 0.3) is 5.91 Å². The van der Waals surface area contributed by atoms with E-state index in [1.54, 1.807) is 0 Å². The SMILES string of the molecule is Cc1ccc(C(C)C)c(OCC(=O)NCC2CN(CC(C)C)CCO2)c1. The Bertz CT molecular complexity index is 587. The smallest absolute Gasteiger partial charge is 0.258 e. The van der Waals surface area contributed by atoms with Crippen LogP contribution in [0.5, 0.6) is 5.75 Å². The molecule has 2 rings (SSSR count). The second-order valence-electron chi connectivity index (χ2n) is 7.93. The molecule has 26 heavy (non-hydrogen) atoms. The first-order valence-electron chi connectivity index (χ1n) is 9.69. The van der Waals surface area contributed by atoms with Crippen LogP contribution < -0.4 is 10.1 Å². The fourth-order valence-corrected chi connectivity index (χ4v) is 3.25. The number of benzene rings is 1. The zero-order chi connectivity index (χ0) is 19.1. The molecule has 1 aromatic rings. The molecule has 0 spiro atoms. The number of nitrogens with zero attached hydrogens (tertiary/aromatic N) is 1. The number of rotatable bonds is 8. The molecule has 5 nitrogen and oxygen atoms in total. The minimum Gasteiger partial charge on any atom is -0.483 e. The van der Waals surface area contributed by atoms with E-state index in [1.807, 2.05) is 13.0 Å². The maximum atomic E-state index is 12.2. The molecule has 0 radical (unpaired) electrons. The van der Waals surface area contributed by atoms with Crippen molar-refractivity contribution in [1.82, 2.24) is 10.2 Å². The molecule has 1 atom stereocenters. The third-order valence-electron chi connectivity index (χ3n) is 4.52. The van der Waals surface area contributed by atoms with E-state index >= 15 is 0 Å². The number of hydrogen-bond donors (Lipinski definition) is 1. The highest BCUT2D eigenvalue weighted by molar-refractivity contribution is 5.77. The fourth-order valence-electron chi connectivity index (χ4n) is 3.25. The molecule has 1 unspecified atom stereocenters. The molecule has 0 aliphatic carbocycles. The summed E-state index contributed by atoms with van der Waals surface area (Å²) >= 11 is 0. The molecule has 5 heteroatoms. The highest BCUT2D eigenvalue weighted by Gasteiger charge is 2.21. The van der Waals surface area contributed by atoms with Crippen molar-refractivity contribution in [2.75, 3.05) is 39.4 Å². The summed E-state index contributed by atoms with van der Waals surface area (Å²) in [7, 11) is 0. The molecule has 0 saturated carbocycles. The number of carbonyl (C=O) groups excluding carboxylic acids is 1. The van der Waals surface area contributed by atoms with Gasteiger partial charge in [0.2, 0.25) is 0 Å². The minimum absolute atomic E-state index is 0.0333. The van der Waals surface area contributed by atoms with Gasteiger partial charge in [-0.2, -0.15) is 0 Å². The number of nitrogens with one attached hydrogen (secondary N) is 1. The summed E-state index contributed by atoms with van der Waals surface area (Å²) in [5.74, 6) is 1.69. The molecule has 1 amide bonds.